The Morgan fingerprint density at radius 3 is 2.25 bits per heavy atom. The third kappa shape index (κ3) is 4.39. The zero-order chi connectivity index (χ0) is 20.7. The normalized spacial score (nSPS) is 18.5. The van der Waals surface area contributed by atoms with Crippen LogP contribution in [0.5, 0.6) is 0 Å². The molecule has 154 valence electrons. The zero-order valence-electron chi connectivity index (χ0n) is 17.6. The van der Waals surface area contributed by atoms with Crippen LogP contribution < -0.4 is 0 Å². The second kappa shape index (κ2) is 7.16. The van der Waals surface area contributed by atoms with Crippen LogP contribution in [0.25, 0.3) is 11.5 Å². The van der Waals surface area contributed by atoms with Crippen molar-refractivity contribution in [3.8, 4) is 0 Å². The fourth-order valence-corrected chi connectivity index (χ4v) is 4.01. The second-order valence-corrected chi connectivity index (χ2v) is 10.7. The Bertz CT molecular complexity index is 858. The van der Waals surface area contributed by atoms with Crippen molar-refractivity contribution in [3.05, 3.63) is 46.9 Å². The summed E-state index contributed by atoms with van der Waals surface area (Å²) < 4.78 is 39.0. The predicted octanol–water partition coefficient (Wildman–Crippen LogP) is 5.96. The lowest BCUT2D eigenvalue weighted by atomic mass is 9.84. The van der Waals surface area contributed by atoms with Gasteiger partial charge in [-0.05, 0) is 16.9 Å². The molecule has 3 aliphatic rings. The van der Waals surface area contributed by atoms with Gasteiger partial charge in [0.2, 0.25) is 5.76 Å². The molecule has 0 spiro atoms. The third-order valence-electron chi connectivity index (χ3n) is 4.33. The van der Waals surface area contributed by atoms with Crippen LogP contribution in [0.1, 0.15) is 52.7 Å². The Balaban J connectivity index is 1.94. The number of methoxy groups -OCH3 is 1. The minimum atomic E-state index is -3.38. The first kappa shape index (κ1) is 20.8. The molecular weight excluding hydrogens is 379 g/mol. The monoisotopic (exact) mass is 408 g/mol. The fraction of sp³-hybridized carbons (Fsp3) is 0.524. The molecule has 4 rings (SSSR count). The Morgan fingerprint density at radius 1 is 1.07 bits per heavy atom. The maximum atomic E-state index is 11.8. The number of phosphoric ester groups is 1. The largest absolute Gasteiger partial charge is 0.652 e. The summed E-state index contributed by atoms with van der Waals surface area (Å²) in [6.07, 6.45) is 0. The van der Waals surface area contributed by atoms with Gasteiger partial charge in [0.25, 0.3) is 0 Å². The van der Waals surface area contributed by atoms with Gasteiger partial charge in [-0.1, -0.05) is 59.7 Å². The summed E-state index contributed by atoms with van der Waals surface area (Å²) in [5, 5.41) is 0. The van der Waals surface area contributed by atoms with Gasteiger partial charge in [0.15, 0.2) is 0 Å². The van der Waals surface area contributed by atoms with Crippen molar-refractivity contribution in [3.63, 3.8) is 0 Å². The number of hydrogen-bond donors (Lipinski definition) is 0. The molecule has 3 aliphatic heterocycles. The molecule has 2 bridgehead atoms. The summed E-state index contributed by atoms with van der Waals surface area (Å²) in [6.45, 7) is 14.0. The SMILES string of the molecule is CO/C(=C(/COCC(C)(C)C)C(C)(C)C)c1cccc(C2=C3OP(=O)(O3)O2)c1. The first-order chi connectivity index (χ1) is 12.9. The Kier molecular flexibility index (Phi) is 5.32. The topological polar surface area (TPSA) is 63.2 Å². The highest BCUT2D eigenvalue weighted by molar-refractivity contribution is 7.51. The molecule has 1 aromatic carbocycles. The molecule has 0 aromatic heterocycles. The molecular formula is C21H29O6P. The first-order valence-electron chi connectivity index (χ1n) is 9.31. The Hall–Kier alpha value is -1.91. The number of hydrogen-bond acceptors (Lipinski definition) is 6. The number of ether oxygens (including phenoxy) is 2. The van der Waals surface area contributed by atoms with Crippen LogP contribution in [0, 0.1) is 10.8 Å². The van der Waals surface area contributed by atoms with E-state index in [0.717, 1.165) is 22.5 Å². The van der Waals surface area contributed by atoms with E-state index >= 15 is 0 Å². The smallest absolute Gasteiger partial charge is 0.496 e. The van der Waals surface area contributed by atoms with Gasteiger partial charge in [0.1, 0.15) is 5.76 Å². The first-order valence-corrected chi connectivity index (χ1v) is 10.8. The van der Waals surface area contributed by atoms with Gasteiger partial charge in [0.05, 0.1) is 20.3 Å². The minimum absolute atomic E-state index is 0.0853. The molecule has 0 aliphatic carbocycles. The molecule has 3 heterocycles. The molecule has 7 heteroatoms. The lowest BCUT2D eigenvalue weighted by Gasteiger charge is -2.28. The van der Waals surface area contributed by atoms with Crippen molar-refractivity contribution in [2.24, 2.45) is 10.8 Å². The summed E-state index contributed by atoms with van der Waals surface area (Å²) in [7, 11) is -1.72. The third-order valence-corrected chi connectivity index (χ3v) is 5.51. The molecule has 1 aromatic rings. The molecule has 1 saturated heterocycles. The van der Waals surface area contributed by atoms with Crippen LogP contribution in [-0.4, -0.2) is 20.3 Å². The predicted molar refractivity (Wildman–Crippen MR) is 108 cm³/mol. The lowest BCUT2D eigenvalue weighted by Crippen LogP contribution is -2.21. The molecule has 0 saturated carbocycles. The summed E-state index contributed by atoms with van der Waals surface area (Å²) >= 11 is 0. The van der Waals surface area contributed by atoms with E-state index in [2.05, 4.69) is 41.5 Å². The summed E-state index contributed by atoms with van der Waals surface area (Å²) in [5.74, 6) is 1.29. The zero-order valence-corrected chi connectivity index (χ0v) is 18.5. The van der Waals surface area contributed by atoms with Crippen molar-refractivity contribution in [2.45, 2.75) is 41.5 Å². The molecule has 28 heavy (non-hydrogen) atoms. The number of phosphoric acid groups is 1. The second-order valence-electron chi connectivity index (χ2n) is 9.23. The van der Waals surface area contributed by atoms with E-state index in [0.29, 0.717) is 19.0 Å². The molecule has 0 unspecified atom stereocenters. The molecule has 0 N–H and O–H groups in total. The number of rotatable bonds is 6. The van der Waals surface area contributed by atoms with Crippen LogP contribution in [0.4, 0.5) is 0 Å². The number of benzene rings is 1. The van der Waals surface area contributed by atoms with E-state index in [4.69, 9.17) is 23.0 Å². The van der Waals surface area contributed by atoms with Gasteiger partial charge >= 0.3 is 13.8 Å². The fourth-order valence-electron chi connectivity index (χ4n) is 2.95. The summed E-state index contributed by atoms with van der Waals surface area (Å²) in [5.41, 5.74) is 2.60. The van der Waals surface area contributed by atoms with Gasteiger partial charge in [-0.2, -0.15) is 4.57 Å². The maximum absolute atomic E-state index is 11.8. The van der Waals surface area contributed by atoms with Gasteiger partial charge < -0.3 is 23.0 Å². The molecule has 1 fully saturated rings. The van der Waals surface area contributed by atoms with E-state index in [1.165, 1.54) is 0 Å². The molecule has 0 amide bonds. The Morgan fingerprint density at radius 2 is 1.75 bits per heavy atom. The minimum Gasteiger partial charge on any atom is -0.496 e. The van der Waals surface area contributed by atoms with E-state index in [-0.39, 0.29) is 16.8 Å². The highest BCUT2D eigenvalue weighted by atomic mass is 31.2. The highest BCUT2D eigenvalue weighted by Crippen LogP contribution is 2.72. The van der Waals surface area contributed by atoms with Gasteiger partial charge in [-0.15, -0.1) is 0 Å². The van der Waals surface area contributed by atoms with Crippen molar-refractivity contribution >= 4 is 19.3 Å². The van der Waals surface area contributed by atoms with Gasteiger partial charge in [0, 0.05) is 16.7 Å². The molecule has 0 radical (unpaired) electrons. The van der Waals surface area contributed by atoms with E-state index < -0.39 is 7.82 Å². The Labute approximate surface area is 167 Å². The van der Waals surface area contributed by atoms with E-state index in [1.54, 1.807) is 7.11 Å². The van der Waals surface area contributed by atoms with E-state index in [9.17, 15) is 4.57 Å². The quantitative estimate of drug-likeness (QED) is 0.427. The van der Waals surface area contributed by atoms with Crippen LogP contribution in [-0.2, 0) is 27.6 Å². The summed E-state index contributed by atoms with van der Waals surface area (Å²) in [4.78, 5) is 0. The van der Waals surface area contributed by atoms with Gasteiger partial charge in [-0.25, -0.2) is 0 Å². The van der Waals surface area contributed by atoms with Crippen LogP contribution in [0.15, 0.2) is 35.8 Å². The molecule has 6 nitrogen and oxygen atoms in total. The average molecular weight is 408 g/mol. The highest BCUT2D eigenvalue weighted by Gasteiger charge is 2.56. The van der Waals surface area contributed by atoms with Crippen molar-refractivity contribution in [1.29, 1.82) is 0 Å². The summed E-state index contributed by atoms with van der Waals surface area (Å²) in [6, 6.07) is 7.62. The molecule has 0 atom stereocenters. The number of fused-ring (bicyclic) bond motifs is 1. The maximum Gasteiger partial charge on any atom is 0.652 e. The van der Waals surface area contributed by atoms with Crippen LogP contribution in [0.3, 0.4) is 0 Å². The van der Waals surface area contributed by atoms with Crippen molar-refractivity contribution in [2.75, 3.05) is 20.3 Å². The van der Waals surface area contributed by atoms with E-state index in [1.807, 2.05) is 24.3 Å². The van der Waals surface area contributed by atoms with Crippen LogP contribution in [0.2, 0.25) is 0 Å². The van der Waals surface area contributed by atoms with Crippen molar-refractivity contribution in [1.82, 2.24) is 0 Å². The van der Waals surface area contributed by atoms with Crippen molar-refractivity contribution < 1.29 is 27.6 Å². The van der Waals surface area contributed by atoms with Crippen LogP contribution >= 0.6 is 7.82 Å². The van der Waals surface area contributed by atoms with Gasteiger partial charge in [-0.3, -0.25) is 0 Å². The standard InChI is InChI=1S/C21H29O6P/c1-20(2,3)13-24-12-16(21(4,5)6)17(23-7)14-9-8-10-15(11-14)18-19-26-28(22,25-18)27-19/h8-11H,12-13H2,1-7H3/b17-16-. The lowest BCUT2D eigenvalue weighted by molar-refractivity contribution is 0.0787. The average Bonchev–Trinajstić information content (AvgIpc) is 3.06.